The molecule has 8 aromatic rings. The molecule has 2 aromatic heterocycles. The summed E-state index contributed by atoms with van der Waals surface area (Å²) in [4.78, 5) is 9.36. The maximum atomic E-state index is 6.56. The first-order chi connectivity index (χ1) is 26.7. The average molecular weight is 911 g/mol. The molecule has 0 aliphatic carbocycles. The summed E-state index contributed by atoms with van der Waals surface area (Å²) < 4.78 is 8.75. The van der Waals surface area contributed by atoms with Crippen molar-refractivity contribution in [1.82, 2.24) is 9.55 Å². The smallest absolute Gasteiger partial charge is 0.135 e. The zero-order valence-electron chi connectivity index (χ0n) is 32.2. The summed E-state index contributed by atoms with van der Waals surface area (Å²) >= 11 is 0. The minimum absolute atomic E-state index is 0. The number of ether oxygens (including phenoxy) is 1. The molecule has 282 valence electrons. The van der Waals surface area contributed by atoms with Gasteiger partial charge in [-0.2, -0.15) is 18.8 Å². The third-order valence-electron chi connectivity index (χ3n) is 10.6. The molecule has 0 amide bonds. The maximum absolute atomic E-state index is 6.56. The average Bonchev–Trinajstić information content (AvgIpc) is 3.73. The van der Waals surface area contributed by atoms with Gasteiger partial charge in [0.25, 0.3) is 0 Å². The molecule has 0 bridgehead atoms. The van der Waals surface area contributed by atoms with Gasteiger partial charge in [0, 0.05) is 62.2 Å². The number of anilines is 3. The van der Waals surface area contributed by atoms with E-state index in [1.165, 1.54) is 27.8 Å². The van der Waals surface area contributed by atoms with Gasteiger partial charge in [-0.05, 0) is 74.9 Å². The van der Waals surface area contributed by atoms with Crippen LogP contribution in [0.2, 0.25) is 0 Å². The van der Waals surface area contributed by atoms with Crippen LogP contribution in [0.5, 0.6) is 11.5 Å². The Labute approximate surface area is 344 Å². The molecular formula is C50H43N4OPt-3. The fraction of sp³-hybridized carbons (Fsp3) is 0.160. The molecule has 0 spiro atoms. The first kappa shape index (κ1) is 37.3. The van der Waals surface area contributed by atoms with E-state index < -0.39 is 0 Å². The molecule has 6 heteroatoms. The van der Waals surface area contributed by atoms with Crippen LogP contribution in [0.15, 0.2) is 146 Å². The summed E-state index contributed by atoms with van der Waals surface area (Å²) in [6.45, 7) is 14.1. The van der Waals surface area contributed by atoms with Gasteiger partial charge in [-0.1, -0.05) is 119 Å². The van der Waals surface area contributed by atoms with E-state index in [1.54, 1.807) is 0 Å². The molecule has 6 aromatic carbocycles. The second kappa shape index (κ2) is 15.1. The molecule has 1 aliphatic heterocycles. The summed E-state index contributed by atoms with van der Waals surface area (Å²) in [6.07, 6.45) is 1.90. The van der Waals surface area contributed by atoms with Crippen molar-refractivity contribution in [1.29, 1.82) is 0 Å². The van der Waals surface area contributed by atoms with Crippen LogP contribution in [0.1, 0.15) is 57.2 Å². The molecule has 0 saturated carbocycles. The molecule has 1 aliphatic rings. The van der Waals surface area contributed by atoms with E-state index in [9.17, 15) is 0 Å². The van der Waals surface area contributed by atoms with Crippen molar-refractivity contribution in [3.8, 4) is 28.4 Å². The summed E-state index contributed by atoms with van der Waals surface area (Å²) in [6, 6.07) is 56.3. The first-order valence-corrected chi connectivity index (χ1v) is 19.0. The number of para-hydroxylation sites is 3. The Kier molecular flexibility index (Phi) is 10.1. The third-order valence-corrected chi connectivity index (χ3v) is 10.6. The Morgan fingerprint density at radius 1 is 0.714 bits per heavy atom. The van der Waals surface area contributed by atoms with Crippen molar-refractivity contribution >= 4 is 38.9 Å². The zero-order valence-corrected chi connectivity index (χ0v) is 34.5. The van der Waals surface area contributed by atoms with E-state index in [2.05, 4.69) is 189 Å². The Morgan fingerprint density at radius 2 is 1.46 bits per heavy atom. The SMILES string of the molecule is CC(C)c1ccc(CN2[CH-]N(c3[c-]c(Oc4[c-]c5c(cc4)c4ccccc4n5-c4cc(C(C)(C)C)ccn4)ccc3)c3ccccc32)c(-c2ccccc2)c1.[Pt]. The topological polar surface area (TPSA) is 33.5 Å². The van der Waals surface area contributed by atoms with Crippen LogP contribution in [0.3, 0.4) is 0 Å². The van der Waals surface area contributed by atoms with Crippen molar-refractivity contribution in [2.75, 3.05) is 9.80 Å². The van der Waals surface area contributed by atoms with E-state index in [0.717, 1.165) is 51.2 Å². The summed E-state index contributed by atoms with van der Waals surface area (Å²) in [5.74, 6) is 2.54. The fourth-order valence-electron chi connectivity index (χ4n) is 7.59. The second-order valence-electron chi connectivity index (χ2n) is 15.6. The molecule has 0 radical (unpaired) electrons. The number of hydrogen-bond donors (Lipinski definition) is 0. The van der Waals surface area contributed by atoms with Crippen LogP contribution in [0, 0.1) is 18.8 Å². The van der Waals surface area contributed by atoms with Gasteiger partial charge in [0.15, 0.2) is 0 Å². The summed E-state index contributed by atoms with van der Waals surface area (Å²) in [5.41, 5.74) is 11.5. The second-order valence-corrected chi connectivity index (χ2v) is 15.6. The third kappa shape index (κ3) is 7.01. The van der Waals surface area contributed by atoms with E-state index in [4.69, 9.17) is 9.72 Å². The largest absolute Gasteiger partial charge is 0.509 e. The number of pyridine rings is 1. The molecule has 0 saturated heterocycles. The number of hydrogen-bond acceptors (Lipinski definition) is 4. The molecule has 0 atom stereocenters. The van der Waals surface area contributed by atoms with Gasteiger partial charge in [-0.25, -0.2) is 4.98 Å². The minimum Gasteiger partial charge on any atom is -0.509 e. The minimum atomic E-state index is -0.0101. The first-order valence-electron chi connectivity index (χ1n) is 19.0. The Hall–Kier alpha value is -5.64. The normalized spacial score (nSPS) is 12.7. The predicted molar refractivity (Wildman–Crippen MR) is 226 cm³/mol. The number of rotatable bonds is 8. The quantitative estimate of drug-likeness (QED) is 0.142. The van der Waals surface area contributed by atoms with Gasteiger partial charge in [0.2, 0.25) is 0 Å². The Balaban J connectivity index is 0.00000441. The number of nitrogens with zero attached hydrogens (tertiary/aromatic N) is 4. The van der Waals surface area contributed by atoms with Crippen LogP contribution >= 0.6 is 0 Å². The van der Waals surface area contributed by atoms with Gasteiger partial charge < -0.3 is 19.1 Å². The van der Waals surface area contributed by atoms with Gasteiger partial charge >= 0.3 is 0 Å². The van der Waals surface area contributed by atoms with Crippen LogP contribution in [0.4, 0.5) is 17.1 Å². The fourth-order valence-corrected chi connectivity index (χ4v) is 7.59. The van der Waals surface area contributed by atoms with Crippen LogP contribution in [0.25, 0.3) is 38.8 Å². The number of fused-ring (bicyclic) bond motifs is 4. The molecule has 56 heavy (non-hydrogen) atoms. The summed E-state index contributed by atoms with van der Waals surface area (Å²) in [5, 5.41) is 2.25. The van der Waals surface area contributed by atoms with Gasteiger partial charge in [0.1, 0.15) is 5.82 Å². The van der Waals surface area contributed by atoms with Crippen LogP contribution in [-0.2, 0) is 33.0 Å². The molecule has 0 unspecified atom stereocenters. The molecule has 0 fully saturated rings. The molecule has 3 heterocycles. The van der Waals surface area contributed by atoms with Crippen molar-refractivity contribution < 1.29 is 25.8 Å². The van der Waals surface area contributed by atoms with Crippen molar-refractivity contribution in [3.05, 3.63) is 181 Å². The molecule has 0 N–H and O–H groups in total. The zero-order chi connectivity index (χ0) is 37.7. The van der Waals surface area contributed by atoms with E-state index in [1.807, 2.05) is 24.4 Å². The van der Waals surface area contributed by atoms with E-state index in [-0.39, 0.29) is 26.5 Å². The maximum Gasteiger partial charge on any atom is 0.135 e. The predicted octanol–water partition coefficient (Wildman–Crippen LogP) is 12.9. The van der Waals surface area contributed by atoms with Gasteiger partial charge in [-0.3, -0.25) is 0 Å². The number of benzene rings is 6. The monoisotopic (exact) mass is 910 g/mol. The Bertz CT molecular complexity index is 2680. The summed E-state index contributed by atoms with van der Waals surface area (Å²) in [7, 11) is 0. The van der Waals surface area contributed by atoms with Gasteiger partial charge in [0.05, 0.1) is 0 Å². The number of aromatic nitrogens is 2. The van der Waals surface area contributed by atoms with Crippen molar-refractivity contribution in [3.63, 3.8) is 0 Å². The van der Waals surface area contributed by atoms with E-state index in [0.29, 0.717) is 17.4 Å². The Morgan fingerprint density at radius 3 is 2.27 bits per heavy atom. The van der Waals surface area contributed by atoms with Crippen molar-refractivity contribution in [2.45, 2.75) is 52.5 Å². The molecular weight excluding hydrogens is 868 g/mol. The standard InChI is InChI=1S/C50H43N4O.Pt/c1-34(2)36-22-23-37(44(28-36)35-14-7-6-8-15-35)32-52-33-53(47-21-12-11-20-46(47)52)39-16-13-17-40(30-39)55-41-24-25-43-42-18-9-10-19-45(42)54(48(43)31-41)49-29-38(26-27-51-49)50(3,4)5;/h6-29,33-34H,32H2,1-5H3;/q-3;. The van der Waals surface area contributed by atoms with Crippen LogP contribution < -0.4 is 14.5 Å². The van der Waals surface area contributed by atoms with Crippen molar-refractivity contribution in [2.24, 2.45) is 0 Å². The molecule has 5 nitrogen and oxygen atoms in total. The molecule has 9 rings (SSSR count). The van der Waals surface area contributed by atoms with Gasteiger partial charge in [-0.15, -0.1) is 41.4 Å². The van der Waals surface area contributed by atoms with Crippen LogP contribution in [-0.4, -0.2) is 9.55 Å². The van der Waals surface area contributed by atoms with E-state index >= 15 is 0 Å².